The standard InChI is InChI=1S/C12H15N3O4S/c13-9-3-1-8(2-4-9)12(17)14-7-11(16)15-20(18,19)10-5-6-10/h1-4,10H,5-7,13H2,(H,14,17)(H,15,16). The average molecular weight is 297 g/mol. The number of sulfonamides is 1. The summed E-state index contributed by atoms with van der Waals surface area (Å²) in [7, 11) is -3.57. The van der Waals surface area contributed by atoms with Gasteiger partial charge in [-0.15, -0.1) is 0 Å². The zero-order valence-corrected chi connectivity index (χ0v) is 11.4. The quantitative estimate of drug-likeness (QED) is 0.639. The van der Waals surface area contributed by atoms with Gasteiger partial charge in [-0.2, -0.15) is 0 Å². The molecule has 2 rings (SSSR count). The highest BCUT2D eigenvalue weighted by atomic mass is 32.2. The molecule has 7 nitrogen and oxygen atoms in total. The van der Waals surface area contributed by atoms with Gasteiger partial charge in [-0.25, -0.2) is 8.42 Å². The van der Waals surface area contributed by atoms with Crippen LogP contribution in [0.25, 0.3) is 0 Å². The highest BCUT2D eigenvalue weighted by Gasteiger charge is 2.36. The molecule has 0 saturated heterocycles. The summed E-state index contributed by atoms with van der Waals surface area (Å²) in [6, 6.07) is 6.16. The van der Waals surface area contributed by atoms with Crippen molar-refractivity contribution in [3.63, 3.8) is 0 Å². The first-order valence-corrected chi connectivity index (χ1v) is 7.61. The summed E-state index contributed by atoms with van der Waals surface area (Å²) in [6.45, 7) is -0.394. The zero-order chi connectivity index (χ0) is 14.8. The molecule has 1 saturated carbocycles. The van der Waals surface area contributed by atoms with E-state index in [1.54, 1.807) is 12.1 Å². The SMILES string of the molecule is Nc1ccc(C(=O)NCC(=O)NS(=O)(=O)C2CC2)cc1. The third-order valence-corrected chi connectivity index (χ3v) is 4.66. The van der Waals surface area contributed by atoms with E-state index in [4.69, 9.17) is 5.73 Å². The molecule has 2 amide bonds. The molecule has 4 N–H and O–H groups in total. The summed E-state index contributed by atoms with van der Waals surface area (Å²) < 4.78 is 24.9. The maximum Gasteiger partial charge on any atom is 0.252 e. The Bertz CT molecular complexity index is 621. The molecule has 0 bridgehead atoms. The number of benzene rings is 1. The number of carbonyl (C=O) groups excluding carboxylic acids is 2. The molecular weight excluding hydrogens is 282 g/mol. The second-order valence-corrected chi connectivity index (χ2v) is 6.54. The van der Waals surface area contributed by atoms with Crippen LogP contribution in [0, 0.1) is 0 Å². The summed E-state index contributed by atoms with van der Waals surface area (Å²) in [6.07, 6.45) is 1.14. The highest BCUT2D eigenvalue weighted by Crippen LogP contribution is 2.27. The molecule has 0 heterocycles. The minimum atomic E-state index is -3.57. The minimum Gasteiger partial charge on any atom is -0.399 e. The normalized spacial score (nSPS) is 14.6. The predicted molar refractivity (Wildman–Crippen MR) is 73.3 cm³/mol. The van der Waals surface area contributed by atoms with E-state index in [1.807, 2.05) is 4.72 Å². The fourth-order valence-corrected chi connectivity index (χ4v) is 2.87. The molecule has 1 aromatic rings. The monoisotopic (exact) mass is 297 g/mol. The van der Waals surface area contributed by atoms with Gasteiger partial charge in [0.2, 0.25) is 10.0 Å². The molecule has 1 aromatic carbocycles. The lowest BCUT2D eigenvalue weighted by atomic mass is 10.2. The number of anilines is 1. The molecule has 1 aliphatic carbocycles. The van der Waals surface area contributed by atoms with Crippen LogP contribution in [0.15, 0.2) is 24.3 Å². The van der Waals surface area contributed by atoms with E-state index >= 15 is 0 Å². The van der Waals surface area contributed by atoms with Gasteiger partial charge in [-0.05, 0) is 37.1 Å². The molecule has 0 aromatic heterocycles. The van der Waals surface area contributed by atoms with Crippen molar-refractivity contribution in [2.45, 2.75) is 18.1 Å². The Morgan fingerprint density at radius 3 is 2.35 bits per heavy atom. The Morgan fingerprint density at radius 1 is 1.20 bits per heavy atom. The Balaban J connectivity index is 1.84. The number of nitrogens with two attached hydrogens (primary N) is 1. The number of hydrogen-bond donors (Lipinski definition) is 3. The van der Waals surface area contributed by atoms with E-state index in [-0.39, 0.29) is 0 Å². The second-order valence-electron chi connectivity index (χ2n) is 4.57. The van der Waals surface area contributed by atoms with Gasteiger partial charge in [0.25, 0.3) is 11.8 Å². The minimum absolute atomic E-state index is 0.344. The first-order chi connectivity index (χ1) is 9.38. The van der Waals surface area contributed by atoms with Crippen LogP contribution in [0.4, 0.5) is 5.69 Å². The van der Waals surface area contributed by atoms with Crippen molar-refractivity contribution in [2.75, 3.05) is 12.3 Å². The van der Waals surface area contributed by atoms with Gasteiger partial charge in [0.1, 0.15) is 0 Å². The molecule has 0 atom stereocenters. The van der Waals surface area contributed by atoms with Crippen LogP contribution in [0.2, 0.25) is 0 Å². The van der Waals surface area contributed by atoms with Crippen LogP contribution in [0.3, 0.4) is 0 Å². The molecule has 0 spiro atoms. The predicted octanol–water partition coefficient (Wildman–Crippen LogP) is -0.393. The average Bonchev–Trinajstić information content (AvgIpc) is 3.21. The molecule has 0 aliphatic heterocycles. The van der Waals surface area contributed by atoms with Gasteiger partial charge in [0.15, 0.2) is 0 Å². The fraction of sp³-hybridized carbons (Fsp3) is 0.333. The van der Waals surface area contributed by atoms with Gasteiger partial charge in [-0.3, -0.25) is 14.3 Å². The van der Waals surface area contributed by atoms with Crippen molar-refractivity contribution in [3.05, 3.63) is 29.8 Å². The molecular formula is C12H15N3O4S. The van der Waals surface area contributed by atoms with E-state index in [2.05, 4.69) is 5.32 Å². The van der Waals surface area contributed by atoms with Gasteiger partial charge in [0.05, 0.1) is 11.8 Å². The van der Waals surface area contributed by atoms with E-state index in [0.717, 1.165) is 0 Å². The van der Waals surface area contributed by atoms with E-state index in [0.29, 0.717) is 24.1 Å². The number of amides is 2. The molecule has 20 heavy (non-hydrogen) atoms. The van der Waals surface area contributed by atoms with Crippen LogP contribution in [0.1, 0.15) is 23.2 Å². The fourth-order valence-electron chi connectivity index (χ4n) is 1.55. The lowest BCUT2D eigenvalue weighted by molar-refractivity contribution is -0.118. The van der Waals surface area contributed by atoms with E-state index < -0.39 is 33.6 Å². The lowest BCUT2D eigenvalue weighted by Gasteiger charge is -2.07. The Morgan fingerprint density at radius 2 is 1.80 bits per heavy atom. The van der Waals surface area contributed by atoms with Crippen LogP contribution in [0.5, 0.6) is 0 Å². The molecule has 108 valence electrons. The number of nitrogens with one attached hydrogen (secondary N) is 2. The zero-order valence-electron chi connectivity index (χ0n) is 10.6. The largest absolute Gasteiger partial charge is 0.399 e. The smallest absolute Gasteiger partial charge is 0.252 e. The first kappa shape index (κ1) is 14.3. The van der Waals surface area contributed by atoms with Crippen LogP contribution < -0.4 is 15.8 Å². The van der Waals surface area contributed by atoms with E-state index in [1.165, 1.54) is 12.1 Å². The van der Waals surface area contributed by atoms with Crippen molar-refractivity contribution in [1.29, 1.82) is 0 Å². The van der Waals surface area contributed by atoms with Gasteiger partial charge < -0.3 is 11.1 Å². The van der Waals surface area contributed by atoms with Gasteiger partial charge >= 0.3 is 0 Å². The Kier molecular flexibility index (Phi) is 3.93. The molecule has 0 radical (unpaired) electrons. The van der Waals surface area contributed by atoms with Crippen molar-refractivity contribution in [1.82, 2.24) is 10.0 Å². The summed E-state index contributed by atoms with van der Waals surface area (Å²) in [5.74, 6) is -1.22. The van der Waals surface area contributed by atoms with Crippen LogP contribution in [-0.4, -0.2) is 32.0 Å². The number of rotatable bonds is 5. The maximum atomic E-state index is 11.7. The Hall–Kier alpha value is -2.09. The molecule has 0 unspecified atom stereocenters. The lowest BCUT2D eigenvalue weighted by Crippen LogP contribution is -2.41. The molecule has 1 fully saturated rings. The topological polar surface area (TPSA) is 118 Å². The second kappa shape index (κ2) is 5.49. The molecule has 1 aliphatic rings. The van der Waals surface area contributed by atoms with Gasteiger partial charge in [-0.1, -0.05) is 0 Å². The third kappa shape index (κ3) is 3.70. The number of carbonyl (C=O) groups is 2. The number of nitrogen functional groups attached to an aromatic ring is 1. The molecule has 8 heteroatoms. The van der Waals surface area contributed by atoms with E-state index in [9.17, 15) is 18.0 Å². The summed E-state index contributed by atoms with van der Waals surface area (Å²) >= 11 is 0. The summed E-state index contributed by atoms with van der Waals surface area (Å²) in [5, 5.41) is 1.87. The van der Waals surface area contributed by atoms with Crippen LogP contribution >= 0.6 is 0 Å². The van der Waals surface area contributed by atoms with Crippen molar-refractivity contribution >= 4 is 27.5 Å². The first-order valence-electron chi connectivity index (χ1n) is 6.07. The van der Waals surface area contributed by atoms with Crippen molar-refractivity contribution in [2.24, 2.45) is 0 Å². The highest BCUT2D eigenvalue weighted by molar-refractivity contribution is 7.90. The number of hydrogen-bond acceptors (Lipinski definition) is 5. The third-order valence-electron chi connectivity index (χ3n) is 2.80. The van der Waals surface area contributed by atoms with Gasteiger partial charge in [0, 0.05) is 11.3 Å². The van der Waals surface area contributed by atoms with Crippen LogP contribution in [-0.2, 0) is 14.8 Å². The summed E-state index contributed by atoms with van der Waals surface area (Å²) in [4.78, 5) is 23.1. The maximum absolute atomic E-state index is 11.7. The summed E-state index contributed by atoms with van der Waals surface area (Å²) in [5.41, 5.74) is 6.36. The Labute approximate surface area is 116 Å². The van der Waals surface area contributed by atoms with Crippen molar-refractivity contribution < 1.29 is 18.0 Å². The van der Waals surface area contributed by atoms with Crippen molar-refractivity contribution in [3.8, 4) is 0 Å².